The average Bonchev–Trinajstić information content (AvgIpc) is 2.21. The molecule has 0 unspecified atom stereocenters. The van der Waals surface area contributed by atoms with Crippen LogP contribution in [0.3, 0.4) is 0 Å². The Bertz CT molecular complexity index is 389. The van der Waals surface area contributed by atoms with E-state index in [1.54, 1.807) is 21.0 Å². The van der Waals surface area contributed by atoms with Crippen molar-refractivity contribution in [1.82, 2.24) is 0 Å². The first-order chi connectivity index (χ1) is 8.02. The third kappa shape index (κ3) is 2.55. The summed E-state index contributed by atoms with van der Waals surface area (Å²) in [4.78, 5) is 0. The topological polar surface area (TPSA) is 38.7 Å². The lowest BCUT2D eigenvalue weighted by atomic mass is 9.94. The van der Waals surface area contributed by atoms with Gasteiger partial charge >= 0.3 is 0 Å². The summed E-state index contributed by atoms with van der Waals surface area (Å²) < 4.78 is 11.3. The van der Waals surface area contributed by atoms with Gasteiger partial charge in [-0.15, -0.1) is 0 Å². The quantitative estimate of drug-likeness (QED) is 0.873. The van der Waals surface area contributed by atoms with E-state index in [-0.39, 0.29) is 6.10 Å². The zero-order valence-electron chi connectivity index (χ0n) is 10.7. The number of hydrogen-bond acceptors (Lipinski definition) is 3. The molecule has 0 amide bonds. The zero-order chi connectivity index (χ0) is 12.5. The number of benzene rings is 1. The Morgan fingerprint density at radius 3 is 2.47 bits per heavy atom. The molecule has 1 fully saturated rings. The predicted molar refractivity (Wildman–Crippen MR) is 66.5 cm³/mol. The van der Waals surface area contributed by atoms with E-state index in [4.69, 9.17) is 9.47 Å². The van der Waals surface area contributed by atoms with E-state index in [1.165, 1.54) is 6.42 Å². The second kappa shape index (κ2) is 4.57. The monoisotopic (exact) mass is 236 g/mol. The van der Waals surface area contributed by atoms with Crippen LogP contribution in [0, 0.1) is 0 Å². The smallest absolute Gasteiger partial charge is 0.167 e. The maximum Gasteiger partial charge on any atom is 0.167 e. The molecule has 1 saturated carbocycles. The van der Waals surface area contributed by atoms with Gasteiger partial charge in [-0.05, 0) is 39.2 Å². The van der Waals surface area contributed by atoms with Gasteiger partial charge in [-0.2, -0.15) is 0 Å². The fourth-order valence-corrected chi connectivity index (χ4v) is 1.94. The van der Waals surface area contributed by atoms with Gasteiger partial charge in [0.2, 0.25) is 0 Å². The highest BCUT2D eigenvalue weighted by atomic mass is 16.5. The highest BCUT2D eigenvalue weighted by molar-refractivity contribution is 5.49. The molecule has 1 aromatic carbocycles. The average molecular weight is 236 g/mol. The summed E-state index contributed by atoms with van der Waals surface area (Å²) in [5, 5.41) is 10.2. The van der Waals surface area contributed by atoms with Crippen LogP contribution in [0.25, 0.3) is 0 Å². The molecule has 0 radical (unpaired) electrons. The van der Waals surface area contributed by atoms with Crippen molar-refractivity contribution in [3.05, 3.63) is 23.8 Å². The molecule has 94 valence electrons. The number of ether oxygens (including phenoxy) is 2. The molecule has 3 heteroatoms. The Morgan fingerprint density at radius 1 is 1.29 bits per heavy atom. The van der Waals surface area contributed by atoms with E-state index in [9.17, 15) is 5.11 Å². The number of hydrogen-bond donors (Lipinski definition) is 1. The zero-order valence-corrected chi connectivity index (χ0v) is 10.7. The molecule has 0 aromatic heterocycles. The van der Waals surface area contributed by atoms with Crippen molar-refractivity contribution in [2.45, 2.75) is 44.8 Å². The van der Waals surface area contributed by atoms with Crippen molar-refractivity contribution >= 4 is 0 Å². The highest BCUT2D eigenvalue weighted by Crippen LogP contribution is 2.39. The third-order valence-electron chi connectivity index (χ3n) is 3.19. The summed E-state index contributed by atoms with van der Waals surface area (Å²) in [5.74, 6) is 1.38. The lowest BCUT2D eigenvalue weighted by Crippen LogP contribution is -2.27. The minimum absolute atomic E-state index is 0.271. The van der Waals surface area contributed by atoms with E-state index in [2.05, 4.69) is 0 Å². The molecule has 0 spiro atoms. The number of rotatable bonds is 4. The van der Waals surface area contributed by atoms with Gasteiger partial charge in [0.05, 0.1) is 18.8 Å². The van der Waals surface area contributed by atoms with Gasteiger partial charge in [0, 0.05) is 5.56 Å². The van der Waals surface area contributed by atoms with Gasteiger partial charge in [0.15, 0.2) is 11.5 Å². The van der Waals surface area contributed by atoms with Gasteiger partial charge < -0.3 is 14.6 Å². The second-order valence-electron chi connectivity index (χ2n) is 5.07. The summed E-state index contributed by atoms with van der Waals surface area (Å²) >= 11 is 0. The molecule has 0 saturated heterocycles. The number of methoxy groups -OCH3 is 1. The van der Waals surface area contributed by atoms with Gasteiger partial charge in [-0.25, -0.2) is 0 Å². The molecule has 3 nitrogen and oxygen atoms in total. The molecule has 1 N–H and O–H groups in total. The second-order valence-corrected chi connectivity index (χ2v) is 5.07. The van der Waals surface area contributed by atoms with E-state index >= 15 is 0 Å². The first kappa shape index (κ1) is 12.2. The highest BCUT2D eigenvalue weighted by Gasteiger charge is 2.27. The first-order valence-corrected chi connectivity index (χ1v) is 6.09. The Labute approximate surface area is 102 Å². The summed E-state index contributed by atoms with van der Waals surface area (Å²) in [5.41, 5.74) is -0.142. The standard InChI is InChI=1S/C14H20O3/c1-14(2,15)11-8-5-9-12(16-3)13(11)17-10-6-4-7-10/h5,8-10,15H,4,6-7H2,1-3H3. The maximum absolute atomic E-state index is 10.2. The van der Waals surface area contributed by atoms with E-state index in [1.807, 2.05) is 18.2 Å². The summed E-state index contributed by atoms with van der Waals surface area (Å²) in [6, 6.07) is 5.62. The Balaban J connectivity index is 2.36. The SMILES string of the molecule is COc1cccc(C(C)(C)O)c1OC1CCC1. The minimum Gasteiger partial charge on any atom is -0.493 e. The van der Waals surface area contributed by atoms with Gasteiger partial charge in [-0.3, -0.25) is 0 Å². The van der Waals surface area contributed by atoms with Gasteiger partial charge in [0.1, 0.15) is 0 Å². The molecular weight excluding hydrogens is 216 g/mol. The van der Waals surface area contributed by atoms with E-state index in [0.29, 0.717) is 11.5 Å². The lowest BCUT2D eigenvalue weighted by Gasteiger charge is -2.30. The molecule has 1 aromatic rings. The Kier molecular flexibility index (Phi) is 3.29. The van der Waals surface area contributed by atoms with E-state index < -0.39 is 5.60 Å². The van der Waals surface area contributed by atoms with Gasteiger partial charge in [0.25, 0.3) is 0 Å². The minimum atomic E-state index is -0.923. The number of para-hydroxylation sites is 1. The molecular formula is C14H20O3. The maximum atomic E-state index is 10.2. The van der Waals surface area contributed by atoms with E-state index in [0.717, 1.165) is 18.4 Å². The Morgan fingerprint density at radius 2 is 2.00 bits per heavy atom. The van der Waals surface area contributed by atoms with Crippen LogP contribution in [0.1, 0.15) is 38.7 Å². The summed E-state index contributed by atoms with van der Waals surface area (Å²) in [6.07, 6.45) is 3.66. The van der Waals surface area contributed by atoms with Crippen LogP contribution in [0.5, 0.6) is 11.5 Å². The summed E-state index contributed by atoms with van der Waals surface area (Å²) in [6.45, 7) is 3.52. The molecule has 0 aliphatic heterocycles. The van der Waals surface area contributed by atoms with Crippen molar-refractivity contribution in [3.63, 3.8) is 0 Å². The van der Waals surface area contributed by atoms with Crippen LogP contribution in [-0.4, -0.2) is 18.3 Å². The van der Waals surface area contributed by atoms with Crippen molar-refractivity contribution in [2.75, 3.05) is 7.11 Å². The van der Waals surface area contributed by atoms with Crippen LogP contribution < -0.4 is 9.47 Å². The van der Waals surface area contributed by atoms with Crippen LogP contribution in [0.4, 0.5) is 0 Å². The van der Waals surface area contributed by atoms with Crippen molar-refractivity contribution in [1.29, 1.82) is 0 Å². The predicted octanol–water partition coefficient (Wildman–Crippen LogP) is 2.85. The molecule has 0 bridgehead atoms. The molecule has 1 aliphatic carbocycles. The molecule has 1 aliphatic rings. The fourth-order valence-electron chi connectivity index (χ4n) is 1.94. The molecule has 2 rings (SSSR count). The van der Waals surface area contributed by atoms with Crippen molar-refractivity contribution in [3.8, 4) is 11.5 Å². The van der Waals surface area contributed by atoms with Crippen LogP contribution in [-0.2, 0) is 5.60 Å². The molecule has 0 heterocycles. The summed E-state index contributed by atoms with van der Waals surface area (Å²) in [7, 11) is 1.62. The molecule has 17 heavy (non-hydrogen) atoms. The Hall–Kier alpha value is -1.22. The largest absolute Gasteiger partial charge is 0.493 e. The lowest BCUT2D eigenvalue weighted by molar-refractivity contribution is 0.0639. The van der Waals surface area contributed by atoms with Crippen molar-refractivity contribution < 1.29 is 14.6 Å². The third-order valence-corrected chi connectivity index (χ3v) is 3.19. The van der Waals surface area contributed by atoms with Crippen LogP contribution >= 0.6 is 0 Å². The molecule has 0 atom stereocenters. The fraction of sp³-hybridized carbons (Fsp3) is 0.571. The van der Waals surface area contributed by atoms with Crippen LogP contribution in [0.2, 0.25) is 0 Å². The van der Waals surface area contributed by atoms with Crippen LogP contribution in [0.15, 0.2) is 18.2 Å². The first-order valence-electron chi connectivity index (χ1n) is 6.09. The van der Waals surface area contributed by atoms with Crippen molar-refractivity contribution in [2.24, 2.45) is 0 Å². The normalized spacial score (nSPS) is 16.5. The number of aliphatic hydroxyl groups is 1. The van der Waals surface area contributed by atoms with Gasteiger partial charge in [-0.1, -0.05) is 12.1 Å².